The van der Waals surface area contributed by atoms with Crippen molar-refractivity contribution in [2.75, 3.05) is 11.3 Å². The number of sulfonamides is 1. The predicted molar refractivity (Wildman–Crippen MR) is 109 cm³/mol. The summed E-state index contributed by atoms with van der Waals surface area (Å²) in [4.78, 5) is 0.158. The topological polar surface area (TPSA) is 98.5 Å². The van der Waals surface area contributed by atoms with Crippen molar-refractivity contribution in [2.24, 2.45) is 0 Å². The Kier molecular flexibility index (Phi) is 4.89. The van der Waals surface area contributed by atoms with Crippen molar-refractivity contribution in [1.29, 1.82) is 0 Å². The van der Waals surface area contributed by atoms with E-state index in [4.69, 9.17) is 4.74 Å². The molecule has 4 aromatic rings. The first kappa shape index (κ1) is 18.9. The predicted octanol–water partition coefficient (Wildman–Crippen LogP) is 3.30. The Labute approximate surface area is 168 Å². The minimum absolute atomic E-state index is 0.158. The molecule has 0 unspecified atom stereocenters. The number of ether oxygens (including phenoxy) is 1. The largest absolute Gasteiger partial charge is 0.494 e. The molecule has 29 heavy (non-hydrogen) atoms. The number of hydrogen-bond acceptors (Lipinski definition) is 6. The Morgan fingerprint density at radius 2 is 1.83 bits per heavy atom. The number of aromatic nitrogens is 4. The van der Waals surface area contributed by atoms with Crippen LogP contribution < -0.4 is 9.46 Å². The minimum atomic E-state index is -3.73. The van der Waals surface area contributed by atoms with Crippen molar-refractivity contribution in [3.63, 3.8) is 0 Å². The Morgan fingerprint density at radius 1 is 1.03 bits per heavy atom. The van der Waals surface area contributed by atoms with Gasteiger partial charge in [-0.15, -0.1) is 10.2 Å². The maximum Gasteiger partial charge on any atom is 0.261 e. The van der Waals surface area contributed by atoms with Gasteiger partial charge in [-0.05, 0) is 62.4 Å². The highest BCUT2D eigenvalue weighted by molar-refractivity contribution is 7.92. The number of rotatable bonds is 6. The van der Waals surface area contributed by atoms with Crippen LogP contribution in [0.15, 0.2) is 65.6 Å². The van der Waals surface area contributed by atoms with Gasteiger partial charge >= 0.3 is 0 Å². The summed E-state index contributed by atoms with van der Waals surface area (Å²) in [5.74, 6) is 1.30. The van der Waals surface area contributed by atoms with Crippen molar-refractivity contribution in [2.45, 2.75) is 18.7 Å². The second-order valence-electron chi connectivity index (χ2n) is 6.33. The normalized spacial score (nSPS) is 11.5. The van der Waals surface area contributed by atoms with Gasteiger partial charge in [-0.1, -0.05) is 12.1 Å². The highest BCUT2D eigenvalue weighted by Gasteiger charge is 2.15. The average Bonchev–Trinajstić information content (AvgIpc) is 3.09. The third kappa shape index (κ3) is 3.90. The molecule has 0 atom stereocenters. The third-order valence-electron chi connectivity index (χ3n) is 4.27. The smallest absolute Gasteiger partial charge is 0.261 e. The van der Waals surface area contributed by atoms with Crippen molar-refractivity contribution < 1.29 is 13.2 Å². The first-order valence-electron chi connectivity index (χ1n) is 9.01. The molecule has 0 aliphatic heterocycles. The number of nitrogens with one attached hydrogen (secondary N) is 1. The van der Waals surface area contributed by atoms with E-state index in [0.717, 1.165) is 5.56 Å². The van der Waals surface area contributed by atoms with Gasteiger partial charge in [0, 0.05) is 11.3 Å². The molecule has 0 radical (unpaired) electrons. The SMILES string of the molecule is CCOc1ccc(S(=O)(=O)Nc2cccc(-c3ccc4nnc(C)n4n3)c2)cc1. The van der Waals surface area contributed by atoms with Crippen LogP contribution in [-0.2, 0) is 10.0 Å². The Bertz CT molecular complexity index is 1270. The van der Waals surface area contributed by atoms with E-state index in [1.165, 1.54) is 12.1 Å². The van der Waals surface area contributed by atoms with Crippen LogP contribution in [0.25, 0.3) is 16.9 Å². The summed E-state index contributed by atoms with van der Waals surface area (Å²) < 4.78 is 35.0. The molecule has 4 rings (SSSR count). The summed E-state index contributed by atoms with van der Waals surface area (Å²) in [6.07, 6.45) is 0. The number of aryl methyl sites for hydroxylation is 1. The van der Waals surface area contributed by atoms with E-state index in [1.807, 2.05) is 32.0 Å². The molecule has 148 valence electrons. The van der Waals surface area contributed by atoms with Crippen molar-refractivity contribution >= 4 is 21.4 Å². The monoisotopic (exact) mass is 409 g/mol. The van der Waals surface area contributed by atoms with Crippen LogP contribution in [0.5, 0.6) is 5.75 Å². The first-order chi connectivity index (χ1) is 14.0. The lowest BCUT2D eigenvalue weighted by molar-refractivity contribution is 0.340. The van der Waals surface area contributed by atoms with E-state index < -0.39 is 10.0 Å². The molecule has 2 aromatic carbocycles. The highest BCUT2D eigenvalue weighted by Crippen LogP contribution is 2.24. The number of anilines is 1. The zero-order chi connectivity index (χ0) is 20.4. The second-order valence-corrected chi connectivity index (χ2v) is 8.01. The molecule has 0 saturated heterocycles. The molecule has 0 saturated carbocycles. The molecule has 0 amide bonds. The fourth-order valence-corrected chi connectivity index (χ4v) is 3.94. The molecule has 0 bridgehead atoms. The molecule has 0 spiro atoms. The maximum atomic E-state index is 12.7. The lowest BCUT2D eigenvalue weighted by Crippen LogP contribution is -2.13. The summed E-state index contributed by atoms with van der Waals surface area (Å²) in [6.45, 7) is 4.21. The van der Waals surface area contributed by atoms with E-state index in [2.05, 4.69) is 20.0 Å². The molecule has 0 aliphatic rings. The Morgan fingerprint density at radius 3 is 2.59 bits per heavy atom. The van der Waals surface area contributed by atoms with Crippen LogP contribution in [0.3, 0.4) is 0 Å². The van der Waals surface area contributed by atoms with Crippen LogP contribution in [0, 0.1) is 6.92 Å². The zero-order valence-corrected chi connectivity index (χ0v) is 16.7. The fourth-order valence-electron chi connectivity index (χ4n) is 2.89. The molecular formula is C20H19N5O3S. The van der Waals surface area contributed by atoms with Gasteiger partial charge in [-0.3, -0.25) is 4.72 Å². The summed E-state index contributed by atoms with van der Waals surface area (Å²) in [5, 5.41) is 12.5. The van der Waals surface area contributed by atoms with Gasteiger partial charge < -0.3 is 4.74 Å². The maximum absolute atomic E-state index is 12.7. The van der Waals surface area contributed by atoms with Gasteiger partial charge in [0.05, 0.1) is 17.2 Å². The van der Waals surface area contributed by atoms with E-state index in [0.29, 0.717) is 35.2 Å². The Balaban J connectivity index is 1.61. The molecule has 0 fully saturated rings. The quantitative estimate of drug-likeness (QED) is 0.525. The molecule has 9 heteroatoms. The van der Waals surface area contributed by atoms with Gasteiger partial charge in [0.2, 0.25) is 0 Å². The van der Waals surface area contributed by atoms with E-state index in [9.17, 15) is 8.42 Å². The molecule has 2 heterocycles. The van der Waals surface area contributed by atoms with Gasteiger partial charge in [-0.25, -0.2) is 8.42 Å². The number of hydrogen-bond donors (Lipinski definition) is 1. The molecule has 2 aromatic heterocycles. The van der Waals surface area contributed by atoms with E-state index in [-0.39, 0.29) is 4.90 Å². The van der Waals surface area contributed by atoms with E-state index >= 15 is 0 Å². The average molecular weight is 409 g/mol. The second kappa shape index (κ2) is 7.51. The van der Waals surface area contributed by atoms with Gasteiger partial charge in [0.25, 0.3) is 10.0 Å². The molecule has 1 N–H and O–H groups in total. The van der Waals surface area contributed by atoms with Crippen LogP contribution in [0.4, 0.5) is 5.69 Å². The van der Waals surface area contributed by atoms with E-state index in [1.54, 1.807) is 34.8 Å². The van der Waals surface area contributed by atoms with Gasteiger partial charge in [0.1, 0.15) is 5.75 Å². The van der Waals surface area contributed by atoms with Crippen molar-refractivity contribution in [3.8, 4) is 17.0 Å². The van der Waals surface area contributed by atoms with Crippen LogP contribution in [0.1, 0.15) is 12.7 Å². The standard InChI is InChI=1S/C20H19N5O3S/c1-3-28-17-7-9-18(10-8-17)29(26,27)24-16-6-4-5-15(13-16)19-11-12-20-22-21-14(2)25(20)23-19/h4-13,24H,3H2,1-2H3. The lowest BCUT2D eigenvalue weighted by Gasteiger charge is -2.10. The first-order valence-corrected chi connectivity index (χ1v) is 10.5. The number of benzene rings is 2. The van der Waals surface area contributed by atoms with Crippen LogP contribution >= 0.6 is 0 Å². The van der Waals surface area contributed by atoms with Gasteiger partial charge in [0.15, 0.2) is 11.5 Å². The van der Waals surface area contributed by atoms with Crippen LogP contribution in [0.2, 0.25) is 0 Å². The summed E-state index contributed by atoms with van der Waals surface area (Å²) in [7, 11) is -3.73. The Hall–Kier alpha value is -3.46. The zero-order valence-electron chi connectivity index (χ0n) is 15.9. The number of nitrogens with zero attached hydrogens (tertiary/aromatic N) is 4. The lowest BCUT2D eigenvalue weighted by atomic mass is 10.1. The number of fused-ring (bicyclic) bond motifs is 1. The van der Waals surface area contributed by atoms with Gasteiger partial charge in [-0.2, -0.15) is 9.61 Å². The minimum Gasteiger partial charge on any atom is -0.494 e. The van der Waals surface area contributed by atoms with Crippen molar-refractivity contribution in [3.05, 3.63) is 66.5 Å². The molecular weight excluding hydrogens is 390 g/mol. The highest BCUT2D eigenvalue weighted by atomic mass is 32.2. The fraction of sp³-hybridized carbons (Fsp3) is 0.150. The molecule has 8 nitrogen and oxygen atoms in total. The third-order valence-corrected chi connectivity index (χ3v) is 5.67. The molecule has 0 aliphatic carbocycles. The van der Waals surface area contributed by atoms with Crippen LogP contribution in [-0.4, -0.2) is 34.8 Å². The summed E-state index contributed by atoms with van der Waals surface area (Å²) in [6, 6.07) is 17.0. The van der Waals surface area contributed by atoms with Crippen molar-refractivity contribution in [1.82, 2.24) is 19.8 Å². The summed E-state index contributed by atoms with van der Waals surface area (Å²) in [5.41, 5.74) is 2.55. The summed E-state index contributed by atoms with van der Waals surface area (Å²) >= 11 is 0.